The Morgan fingerprint density at radius 2 is 1.48 bits per heavy atom. The number of carboxylic acid groups (broad SMARTS) is 2. The van der Waals surface area contributed by atoms with E-state index in [0.29, 0.717) is 18.4 Å². The van der Waals surface area contributed by atoms with Crippen molar-refractivity contribution in [3.8, 4) is 0 Å². The van der Waals surface area contributed by atoms with E-state index >= 15 is 0 Å². The van der Waals surface area contributed by atoms with Gasteiger partial charge in [0.25, 0.3) is 0 Å². The maximum Gasteiger partial charge on any atom is 0.317 e. The molecule has 0 aromatic heterocycles. The predicted molar refractivity (Wildman–Crippen MR) is 84.0 cm³/mol. The van der Waals surface area contributed by atoms with Crippen LogP contribution in [0, 0.1) is 0 Å². The number of nitrogens with two attached hydrogens (primary N) is 1. The van der Waals surface area contributed by atoms with E-state index in [1.165, 1.54) is 0 Å². The molecule has 7 heteroatoms. The number of hydrogen-bond donors (Lipinski definition) is 3. The van der Waals surface area contributed by atoms with Gasteiger partial charge in [-0.2, -0.15) is 0 Å². The molecular formula is C16H22N2O5. The lowest BCUT2D eigenvalue weighted by Crippen LogP contribution is -2.44. The number of rotatable bonds is 9. The van der Waals surface area contributed by atoms with Gasteiger partial charge in [0, 0.05) is 0 Å². The van der Waals surface area contributed by atoms with Gasteiger partial charge in [-0.15, -0.1) is 0 Å². The highest BCUT2D eigenvalue weighted by molar-refractivity contribution is 5.84. The number of carbonyl (C=O) groups is 3. The summed E-state index contributed by atoms with van der Waals surface area (Å²) in [6.45, 7) is 2.66. The average molecular weight is 322 g/mol. The molecule has 1 amide bonds. The fourth-order valence-corrected chi connectivity index (χ4v) is 2.72. The molecule has 126 valence electrons. The minimum atomic E-state index is -1.22. The van der Waals surface area contributed by atoms with E-state index in [1.807, 2.05) is 32.0 Å². The van der Waals surface area contributed by atoms with E-state index in [-0.39, 0.29) is 0 Å². The molecule has 0 radical (unpaired) electrons. The van der Waals surface area contributed by atoms with Crippen molar-refractivity contribution in [2.45, 2.75) is 32.7 Å². The number of carboxylic acids is 2. The second kappa shape index (κ2) is 8.28. The Balaban J connectivity index is 3.46. The van der Waals surface area contributed by atoms with Gasteiger partial charge in [-0.1, -0.05) is 32.0 Å². The Labute approximate surface area is 134 Å². The zero-order valence-corrected chi connectivity index (χ0v) is 13.3. The van der Waals surface area contributed by atoms with Crippen molar-refractivity contribution < 1.29 is 24.6 Å². The van der Waals surface area contributed by atoms with Crippen molar-refractivity contribution in [2.75, 3.05) is 13.1 Å². The highest BCUT2D eigenvalue weighted by atomic mass is 16.4. The van der Waals surface area contributed by atoms with Crippen molar-refractivity contribution in [2.24, 2.45) is 5.73 Å². The lowest BCUT2D eigenvalue weighted by Gasteiger charge is -2.30. The molecule has 0 aliphatic rings. The summed E-state index contributed by atoms with van der Waals surface area (Å²) >= 11 is 0. The molecule has 0 spiro atoms. The first kappa shape index (κ1) is 18.6. The lowest BCUT2D eigenvalue weighted by atomic mass is 9.90. The monoisotopic (exact) mass is 322 g/mol. The molecule has 0 fully saturated rings. The second-order valence-corrected chi connectivity index (χ2v) is 5.19. The van der Waals surface area contributed by atoms with Crippen molar-refractivity contribution in [1.29, 1.82) is 0 Å². The number of hydrogen-bond acceptors (Lipinski definition) is 4. The highest BCUT2D eigenvalue weighted by Gasteiger charge is 2.31. The fraction of sp³-hybridized carbons (Fsp3) is 0.438. The Kier molecular flexibility index (Phi) is 6.71. The van der Waals surface area contributed by atoms with Gasteiger partial charge in [-0.05, 0) is 29.5 Å². The summed E-state index contributed by atoms with van der Waals surface area (Å²) in [5, 5.41) is 18.1. The van der Waals surface area contributed by atoms with Crippen LogP contribution >= 0.6 is 0 Å². The van der Waals surface area contributed by atoms with Crippen molar-refractivity contribution in [1.82, 2.24) is 4.90 Å². The summed E-state index contributed by atoms with van der Waals surface area (Å²) in [4.78, 5) is 35.3. The summed E-state index contributed by atoms with van der Waals surface area (Å²) in [5.74, 6) is -3.20. The number of benzene rings is 1. The topological polar surface area (TPSA) is 121 Å². The maximum absolute atomic E-state index is 12.0. The van der Waals surface area contributed by atoms with Crippen LogP contribution in [0.5, 0.6) is 0 Å². The second-order valence-electron chi connectivity index (χ2n) is 5.19. The standard InChI is InChI=1S/C16H22N2O5/c1-3-10-6-5-7-11(4-2)14(10)15(16(17)23)18(8-12(19)20)9-13(21)22/h5-7,15H,3-4,8-9H2,1-2H3,(H2,17,23)(H,19,20)(H,21,22). The molecule has 0 aliphatic carbocycles. The Morgan fingerprint density at radius 3 is 1.78 bits per heavy atom. The molecule has 1 aromatic rings. The number of primary amides is 1. The molecule has 1 rings (SSSR count). The highest BCUT2D eigenvalue weighted by Crippen LogP contribution is 2.28. The van der Waals surface area contributed by atoms with E-state index in [4.69, 9.17) is 15.9 Å². The van der Waals surface area contributed by atoms with Crippen LogP contribution in [0.15, 0.2) is 18.2 Å². The predicted octanol–water partition coefficient (Wildman–Crippen LogP) is 0.809. The number of carbonyl (C=O) groups excluding carboxylic acids is 1. The smallest absolute Gasteiger partial charge is 0.317 e. The minimum absolute atomic E-state index is 0.582. The van der Waals surface area contributed by atoms with Crippen LogP contribution in [0.1, 0.15) is 36.6 Å². The third kappa shape index (κ3) is 4.79. The first-order chi connectivity index (χ1) is 10.8. The molecular weight excluding hydrogens is 300 g/mol. The molecule has 0 aliphatic heterocycles. The lowest BCUT2D eigenvalue weighted by molar-refractivity contribution is -0.144. The van der Waals surface area contributed by atoms with Crippen LogP contribution in [-0.2, 0) is 27.2 Å². The Bertz CT molecular complexity index is 562. The zero-order chi connectivity index (χ0) is 17.6. The van der Waals surface area contributed by atoms with Crippen LogP contribution in [0.3, 0.4) is 0 Å². The normalized spacial score (nSPS) is 12.1. The van der Waals surface area contributed by atoms with Gasteiger partial charge in [-0.25, -0.2) is 0 Å². The fourth-order valence-electron chi connectivity index (χ4n) is 2.72. The van der Waals surface area contributed by atoms with E-state index in [0.717, 1.165) is 16.0 Å². The summed E-state index contributed by atoms with van der Waals surface area (Å²) in [5.41, 5.74) is 7.83. The van der Waals surface area contributed by atoms with E-state index in [2.05, 4.69) is 0 Å². The quantitative estimate of drug-likeness (QED) is 0.618. The summed E-state index contributed by atoms with van der Waals surface area (Å²) in [7, 11) is 0. The van der Waals surface area contributed by atoms with Crippen LogP contribution in [0.25, 0.3) is 0 Å². The van der Waals surface area contributed by atoms with Crippen LogP contribution in [-0.4, -0.2) is 46.0 Å². The third-order valence-electron chi connectivity index (χ3n) is 3.63. The van der Waals surface area contributed by atoms with Gasteiger partial charge in [0.05, 0.1) is 13.1 Å². The average Bonchev–Trinajstić information content (AvgIpc) is 2.45. The van der Waals surface area contributed by atoms with Crippen LogP contribution < -0.4 is 5.73 Å². The molecule has 0 saturated heterocycles. The third-order valence-corrected chi connectivity index (χ3v) is 3.63. The molecule has 0 saturated carbocycles. The SMILES string of the molecule is CCc1cccc(CC)c1C(C(N)=O)N(CC(=O)O)CC(=O)O. The number of aryl methyl sites for hydroxylation is 2. The molecule has 0 bridgehead atoms. The van der Waals surface area contributed by atoms with Gasteiger partial charge in [0.15, 0.2) is 0 Å². The van der Waals surface area contributed by atoms with E-state index in [1.54, 1.807) is 0 Å². The largest absolute Gasteiger partial charge is 0.480 e. The summed E-state index contributed by atoms with van der Waals surface area (Å²) in [6.07, 6.45) is 1.25. The molecule has 1 unspecified atom stereocenters. The molecule has 7 nitrogen and oxygen atoms in total. The summed E-state index contributed by atoms with van der Waals surface area (Å²) < 4.78 is 0. The van der Waals surface area contributed by atoms with Gasteiger partial charge in [0.2, 0.25) is 5.91 Å². The van der Waals surface area contributed by atoms with E-state index in [9.17, 15) is 14.4 Å². The minimum Gasteiger partial charge on any atom is -0.480 e. The maximum atomic E-state index is 12.0. The Hall–Kier alpha value is -2.41. The van der Waals surface area contributed by atoms with Crippen molar-refractivity contribution in [3.05, 3.63) is 34.9 Å². The van der Waals surface area contributed by atoms with Crippen LogP contribution in [0.4, 0.5) is 0 Å². The van der Waals surface area contributed by atoms with E-state index < -0.39 is 37.0 Å². The zero-order valence-electron chi connectivity index (χ0n) is 13.3. The van der Waals surface area contributed by atoms with Crippen molar-refractivity contribution >= 4 is 17.8 Å². The van der Waals surface area contributed by atoms with Gasteiger partial charge < -0.3 is 15.9 Å². The number of nitrogens with zero attached hydrogens (tertiary/aromatic N) is 1. The molecule has 1 atom stereocenters. The Morgan fingerprint density at radius 1 is 1.04 bits per heavy atom. The molecule has 23 heavy (non-hydrogen) atoms. The first-order valence-electron chi connectivity index (χ1n) is 7.39. The molecule has 1 aromatic carbocycles. The number of aliphatic carboxylic acids is 2. The van der Waals surface area contributed by atoms with Gasteiger partial charge in [-0.3, -0.25) is 19.3 Å². The van der Waals surface area contributed by atoms with Gasteiger partial charge >= 0.3 is 11.9 Å². The van der Waals surface area contributed by atoms with Crippen molar-refractivity contribution in [3.63, 3.8) is 0 Å². The van der Waals surface area contributed by atoms with Gasteiger partial charge in [0.1, 0.15) is 6.04 Å². The summed E-state index contributed by atoms with van der Waals surface area (Å²) in [6, 6.07) is 4.44. The first-order valence-corrected chi connectivity index (χ1v) is 7.39. The number of amides is 1. The van der Waals surface area contributed by atoms with Crippen LogP contribution in [0.2, 0.25) is 0 Å². The molecule has 4 N–H and O–H groups in total. The molecule has 0 heterocycles.